The summed E-state index contributed by atoms with van der Waals surface area (Å²) in [7, 11) is 2.88. The van der Waals surface area contributed by atoms with Gasteiger partial charge in [-0.3, -0.25) is 15.0 Å². The van der Waals surface area contributed by atoms with Crippen molar-refractivity contribution in [2.24, 2.45) is 0 Å². The lowest BCUT2D eigenvalue weighted by Crippen LogP contribution is -2.36. The van der Waals surface area contributed by atoms with Crippen molar-refractivity contribution in [3.8, 4) is 11.5 Å². The smallest absolute Gasteiger partial charge is 0.418 e. The second-order valence-corrected chi connectivity index (χ2v) is 6.04. The summed E-state index contributed by atoms with van der Waals surface area (Å²) in [4.78, 5) is 24.3. The van der Waals surface area contributed by atoms with Crippen LogP contribution in [0.5, 0.6) is 11.5 Å². The fourth-order valence-corrected chi connectivity index (χ4v) is 2.41. The van der Waals surface area contributed by atoms with Crippen molar-refractivity contribution in [3.05, 3.63) is 65.4 Å². The summed E-state index contributed by atoms with van der Waals surface area (Å²) in [6, 6.07) is 9.19. The highest BCUT2D eigenvalue weighted by molar-refractivity contribution is 6.00. The fraction of sp³-hybridized carbons (Fsp3) is 0.200. The van der Waals surface area contributed by atoms with Crippen LogP contribution in [0.3, 0.4) is 0 Å². The number of hydrogen-bond acceptors (Lipinski definition) is 5. The van der Waals surface area contributed by atoms with Gasteiger partial charge in [-0.25, -0.2) is 0 Å². The maximum Gasteiger partial charge on any atom is 0.418 e. The molecule has 0 spiro atoms. The Kier molecular flexibility index (Phi) is 7.29. The fourth-order valence-electron chi connectivity index (χ4n) is 2.41. The Balaban J connectivity index is 2.02. The number of carbonyl (C=O) groups is 2. The van der Waals surface area contributed by atoms with Gasteiger partial charge in [-0.2, -0.15) is 13.2 Å². The topological polar surface area (TPSA) is 88.7 Å². The minimum atomic E-state index is -4.60. The summed E-state index contributed by atoms with van der Waals surface area (Å²) < 4.78 is 49.2. The number of allylic oxidation sites excluding steroid dienone is 1. The predicted molar refractivity (Wildman–Crippen MR) is 104 cm³/mol. The molecule has 0 aromatic heterocycles. The summed E-state index contributed by atoms with van der Waals surface area (Å²) >= 11 is 0. The molecule has 7 nitrogen and oxygen atoms in total. The number of halogens is 3. The van der Waals surface area contributed by atoms with E-state index in [0.717, 1.165) is 18.2 Å². The number of carbonyl (C=O) groups excluding carboxylic acids is 2. The van der Waals surface area contributed by atoms with Crippen LogP contribution < -0.4 is 25.6 Å². The third-order valence-corrected chi connectivity index (χ3v) is 3.82. The zero-order valence-electron chi connectivity index (χ0n) is 16.4. The highest BCUT2D eigenvalue weighted by atomic mass is 19.4. The highest BCUT2D eigenvalue weighted by Gasteiger charge is 2.33. The van der Waals surface area contributed by atoms with Gasteiger partial charge in [-0.15, -0.1) is 0 Å². The van der Waals surface area contributed by atoms with Crippen LogP contribution >= 0.6 is 0 Å². The molecule has 3 N–H and O–H groups in total. The van der Waals surface area contributed by atoms with Crippen LogP contribution in [0.15, 0.2) is 54.2 Å². The molecule has 0 saturated carbocycles. The van der Waals surface area contributed by atoms with Crippen LogP contribution in [0.2, 0.25) is 0 Å². The van der Waals surface area contributed by atoms with Crippen LogP contribution in [-0.2, 0) is 11.0 Å². The van der Waals surface area contributed by atoms with Crippen molar-refractivity contribution in [2.45, 2.75) is 13.1 Å². The SMILES string of the molecule is COc1cc(OC)cc(C(=O)NN/C(C)=C\C(=O)Nc2ccccc2C(F)(F)F)c1. The number of nitrogens with one attached hydrogen (secondary N) is 3. The number of anilines is 1. The van der Waals surface area contributed by atoms with E-state index in [1.807, 2.05) is 0 Å². The number of rotatable bonds is 7. The van der Waals surface area contributed by atoms with E-state index in [0.29, 0.717) is 11.5 Å². The van der Waals surface area contributed by atoms with Crippen molar-refractivity contribution >= 4 is 17.5 Å². The maximum absolute atomic E-state index is 13.0. The van der Waals surface area contributed by atoms with E-state index in [4.69, 9.17) is 9.47 Å². The Bertz CT molecular complexity index is 936. The van der Waals surface area contributed by atoms with Gasteiger partial charge in [0, 0.05) is 23.4 Å². The van der Waals surface area contributed by atoms with Gasteiger partial charge in [0.05, 0.1) is 25.5 Å². The number of hydrazine groups is 1. The summed E-state index contributed by atoms with van der Waals surface area (Å²) in [5.74, 6) is -0.513. The first-order valence-electron chi connectivity index (χ1n) is 8.59. The highest BCUT2D eigenvalue weighted by Crippen LogP contribution is 2.34. The number of methoxy groups -OCH3 is 2. The molecule has 0 aliphatic carbocycles. The van der Waals surface area contributed by atoms with Crippen molar-refractivity contribution in [2.75, 3.05) is 19.5 Å². The Morgan fingerprint density at radius 3 is 2.13 bits per heavy atom. The van der Waals surface area contributed by atoms with Gasteiger partial charge in [0.2, 0.25) is 5.91 Å². The molecule has 0 atom stereocenters. The molecule has 0 fully saturated rings. The molecule has 10 heteroatoms. The van der Waals surface area contributed by atoms with Crippen LogP contribution in [0.4, 0.5) is 18.9 Å². The van der Waals surface area contributed by atoms with Gasteiger partial charge in [-0.1, -0.05) is 12.1 Å². The van der Waals surface area contributed by atoms with Crippen molar-refractivity contribution in [1.29, 1.82) is 0 Å². The Labute approximate surface area is 170 Å². The normalized spacial score (nSPS) is 11.5. The minimum absolute atomic E-state index is 0.195. The lowest BCUT2D eigenvalue weighted by atomic mass is 10.1. The van der Waals surface area contributed by atoms with Crippen LogP contribution in [0.25, 0.3) is 0 Å². The monoisotopic (exact) mass is 423 g/mol. The number of amides is 2. The van der Waals surface area contributed by atoms with Gasteiger partial charge in [0.25, 0.3) is 5.91 Å². The van der Waals surface area contributed by atoms with Crippen LogP contribution in [0.1, 0.15) is 22.8 Å². The Morgan fingerprint density at radius 1 is 0.967 bits per heavy atom. The Morgan fingerprint density at radius 2 is 1.57 bits per heavy atom. The second kappa shape index (κ2) is 9.68. The first kappa shape index (κ1) is 22.6. The van der Waals surface area contributed by atoms with E-state index in [2.05, 4.69) is 16.2 Å². The number of ether oxygens (including phenoxy) is 2. The molecule has 0 aliphatic heterocycles. The lowest BCUT2D eigenvalue weighted by Gasteiger charge is -2.13. The van der Waals surface area contributed by atoms with Crippen LogP contribution in [-0.4, -0.2) is 26.0 Å². The van der Waals surface area contributed by atoms with E-state index in [-0.39, 0.29) is 16.9 Å². The average molecular weight is 423 g/mol. The first-order valence-corrected chi connectivity index (χ1v) is 8.59. The quantitative estimate of drug-likeness (QED) is 0.469. The zero-order valence-corrected chi connectivity index (χ0v) is 16.4. The molecule has 0 aliphatic rings. The van der Waals surface area contributed by atoms with Crippen molar-refractivity contribution < 1.29 is 32.2 Å². The molecule has 0 heterocycles. The molecule has 0 unspecified atom stereocenters. The van der Waals surface area contributed by atoms with E-state index >= 15 is 0 Å². The van der Waals surface area contributed by atoms with Gasteiger partial charge in [0.15, 0.2) is 0 Å². The number of para-hydroxylation sites is 1. The minimum Gasteiger partial charge on any atom is -0.497 e. The molecule has 2 rings (SSSR count). The molecule has 30 heavy (non-hydrogen) atoms. The average Bonchev–Trinajstić information content (AvgIpc) is 2.71. The molecule has 0 bridgehead atoms. The lowest BCUT2D eigenvalue weighted by molar-refractivity contribution is -0.137. The van der Waals surface area contributed by atoms with E-state index < -0.39 is 23.6 Å². The van der Waals surface area contributed by atoms with Gasteiger partial charge < -0.3 is 20.2 Å². The Hall–Kier alpha value is -3.69. The van der Waals surface area contributed by atoms with Crippen molar-refractivity contribution in [1.82, 2.24) is 10.9 Å². The number of hydrogen-bond donors (Lipinski definition) is 3. The van der Waals surface area contributed by atoms with Gasteiger partial charge >= 0.3 is 6.18 Å². The standard InChI is InChI=1S/C20H20F3N3O4/c1-12(8-18(27)24-17-7-5-4-6-16(17)20(21,22)23)25-26-19(28)13-9-14(29-2)11-15(10-13)30-3/h4-11,25H,1-3H3,(H,24,27)(H,26,28)/b12-8-. The molecule has 160 valence electrons. The third kappa shape index (κ3) is 6.16. The molecule has 0 saturated heterocycles. The van der Waals surface area contributed by atoms with E-state index in [1.165, 1.54) is 45.4 Å². The number of benzene rings is 2. The molecular weight excluding hydrogens is 403 g/mol. The predicted octanol–water partition coefficient (Wildman–Crippen LogP) is 3.50. The molecule has 0 radical (unpaired) electrons. The van der Waals surface area contributed by atoms with Gasteiger partial charge in [0.1, 0.15) is 11.5 Å². The zero-order chi connectivity index (χ0) is 22.3. The largest absolute Gasteiger partial charge is 0.497 e. The molecule has 2 amide bonds. The van der Waals surface area contributed by atoms with Crippen LogP contribution in [0, 0.1) is 0 Å². The summed E-state index contributed by atoms with van der Waals surface area (Å²) in [5, 5.41) is 2.18. The summed E-state index contributed by atoms with van der Waals surface area (Å²) in [5.41, 5.74) is 3.99. The summed E-state index contributed by atoms with van der Waals surface area (Å²) in [6.45, 7) is 1.46. The van der Waals surface area contributed by atoms with Crippen molar-refractivity contribution in [3.63, 3.8) is 0 Å². The maximum atomic E-state index is 13.0. The third-order valence-electron chi connectivity index (χ3n) is 3.82. The molecule has 2 aromatic rings. The van der Waals surface area contributed by atoms with E-state index in [9.17, 15) is 22.8 Å². The molecule has 2 aromatic carbocycles. The molecular formula is C20H20F3N3O4. The summed E-state index contributed by atoms with van der Waals surface area (Å²) in [6.07, 6.45) is -3.59. The van der Waals surface area contributed by atoms with E-state index in [1.54, 1.807) is 6.07 Å². The number of alkyl halides is 3. The van der Waals surface area contributed by atoms with Gasteiger partial charge in [-0.05, 0) is 31.2 Å². The second-order valence-electron chi connectivity index (χ2n) is 6.04. The first-order chi connectivity index (χ1) is 14.1.